The van der Waals surface area contributed by atoms with Gasteiger partial charge >= 0.3 is 17.8 Å². The van der Waals surface area contributed by atoms with E-state index in [1.165, 1.54) is 35.1 Å². The third-order valence-electron chi connectivity index (χ3n) is 8.58. The predicted octanol–water partition coefficient (Wildman–Crippen LogP) is 9.55. The van der Waals surface area contributed by atoms with Crippen molar-refractivity contribution in [2.24, 2.45) is 0 Å². The molecule has 0 amide bonds. The zero-order chi connectivity index (χ0) is 32.7. The predicted molar refractivity (Wildman–Crippen MR) is 171 cm³/mol. The van der Waals surface area contributed by atoms with Crippen LogP contribution in [0, 0.1) is 13.8 Å². The summed E-state index contributed by atoms with van der Waals surface area (Å²) in [6.07, 6.45) is 5.36. The van der Waals surface area contributed by atoms with Crippen molar-refractivity contribution in [3.05, 3.63) is 127 Å². The molecule has 2 aromatic rings. The van der Waals surface area contributed by atoms with E-state index in [1.54, 1.807) is 62.4 Å². The van der Waals surface area contributed by atoms with Gasteiger partial charge in [0.1, 0.15) is 0 Å². The van der Waals surface area contributed by atoms with E-state index < -0.39 is 60.0 Å². The Morgan fingerprint density at radius 1 is 0.600 bits per heavy atom. The Bertz CT molecular complexity index is 1720. The highest BCUT2D eigenvalue weighted by Gasteiger charge is 2.84. The molecule has 2 aromatic carbocycles. The molecular weight excluding hydrogens is 671 g/mol. The van der Waals surface area contributed by atoms with Crippen molar-refractivity contribution in [2.45, 2.75) is 64.7 Å². The molecule has 12 heteroatoms. The molecule has 0 saturated heterocycles. The first-order valence-electron chi connectivity index (χ1n) is 13.7. The Morgan fingerprint density at radius 3 is 1.27 bits per heavy atom. The lowest BCUT2D eigenvalue weighted by Crippen LogP contribution is -2.48. The van der Waals surface area contributed by atoms with Gasteiger partial charge in [-0.25, -0.2) is 8.42 Å². The van der Waals surface area contributed by atoms with E-state index in [1.807, 2.05) is 13.8 Å². The number of thioether (sulfide) groups is 2. The summed E-state index contributed by atoms with van der Waals surface area (Å²) in [6.45, 7) is 6.91. The van der Waals surface area contributed by atoms with Crippen LogP contribution < -0.4 is 0 Å². The molecule has 0 radical (unpaired) electrons. The molecule has 2 aliphatic heterocycles. The molecule has 2 unspecified atom stereocenters. The molecule has 0 spiro atoms. The molecule has 2 heterocycles. The van der Waals surface area contributed by atoms with E-state index in [0.29, 0.717) is 19.6 Å². The third kappa shape index (κ3) is 4.76. The molecule has 2 nitrogen and oxygen atoms in total. The maximum absolute atomic E-state index is 15.5. The van der Waals surface area contributed by atoms with Gasteiger partial charge in [0, 0.05) is 41.6 Å². The fourth-order valence-corrected chi connectivity index (χ4v) is 10.7. The maximum Gasteiger partial charge on any atom is 0.380 e. The summed E-state index contributed by atoms with van der Waals surface area (Å²) in [5.41, 5.74) is -1.43. The molecule has 1 fully saturated rings. The summed E-state index contributed by atoms with van der Waals surface area (Å²) in [6, 6.07) is 13.9. The highest BCUT2D eigenvalue weighted by molar-refractivity contribution is 8.09. The molecule has 0 bridgehead atoms. The summed E-state index contributed by atoms with van der Waals surface area (Å²) >= 11 is 2.15. The Kier molecular flexibility index (Phi) is 7.74. The van der Waals surface area contributed by atoms with Crippen molar-refractivity contribution in [3.8, 4) is 0 Å². The molecule has 236 valence electrons. The smallest absolute Gasteiger partial charge is 0.250 e. The van der Waals surface area contributed by atoms with Gasteiger partial charge in [-0.05, 0) is 87.4 Å². The standard InChI is InChI=1S/C33H26F6O2S4/c1-19-5-9-23(10-6-19)44(40)15-13-21-17-25-27-28(32(36,37)33(38,39)31(27,34)35)26-18-22(43-30(26,4)29(25,3)42-21)14-16-45(41)24-11-7-20(2)8-12-24/h5-18H,1-4H3/b15-13-,16-14+/t29-,30-,44?,45?/m1/s1. The van der Waals surface area contributed by atoms with Crippen LogP contribution in [-0.4, -0.2) is 35.7 Å². The average Bonchev–Trinajstić information content (AvgIpc) is 3.54. The lowest BCUT2D eigenvalue weighted by molar-refractivity contribution is -0.258. The van der Waals surface area contributed by atoms with E-state index in [0.717, 1.165) is 34.7 Å². The van der Waals surface area contributed by atoms with Crippen LogP contribution in [0.4, 0.5) is 26.3 Å². The number of hydrogen-bond donors (Lipinski definition) is 0. The fourth-order valence-electron chi connectivity index (χ4n) is 5.89. The van der Waals surface area contributed by atoms with Crippen molar-refractivity contribution < 1.29 is 34.8 Å². The zero-order valence-electron chi connectivity index (χ0n) is 24.3. The van der Waals surface area contributed by atoms with Gasteiger partial charge in [-0.2, -0.15) is 26.3 Å². The summed E-state index contributed by atoms with van der Waals surface area (Å²) in [5.74, 6) is -16.0. The van der Waals surface area contributed by atoms with Crippen LogP contribution in [0.25, 0.3) is 0 Å². The van der Waals surface area contributed by atoms with Gasteiger partial charge in [-0.3, -0.25) is 0 Å². The highest BCUT2D eigenvalue weighted by Crippen LogP contribution is 2.74. The Balaban J connectivity index is 1.44. The van der Waals surface area contributed by atoms with Crippen LogP contribution in [0.3, 0.4) is 0 Å². The monoisotopic (exact) mass is 696 g/mol. The second-order valence-corrected chi connectivity index (χ2v) is 17.2. The van der Waals surface area contributed by atoms with Crippen LogP contribution in [0.1, 0.15) is 25.0 Å². The van der Waals surface area contributed by atoms with E-state index in [4.69, 9.17) is 0 Å². The van der Waals surface area contributed by atoms with Gasteiger partial charge in [0.25, 0.3) is 0 Å². The van der Waals surface area contributed by atoms with Gasteiger partial charge < -0.3 is 0 Å². The minimum Gasteiger partial charge on any atom is -0.250 e. The Labute approximate surface area is 270 Å². The van der Waals surface area contributed by atoms with Crippen molar-refractivity contribution in [2.75, 3.05) is 0 Å². The van der Waals surface area contributed by atoms with Crippen molar-refractivity contribution in [1.82, 2.24) is 0 Å². The van der Waals surface area contributed by atoms with E-state index in [9.17, 15) is 17.2 Å². The summed E-state index contributed by atoms with van der Waals surface area (Å²) < 4.78 is 115. The second-order valence-electron chi connectivity index (χ2n) is 11.5. The largest absolute Gasteiger partial charge is 0.380 e. The molecule has 6 rings (SSSR count). The van der Waals surface area contributed by atoms with E-state index in [-0.39, 0.29) is 11.1 Å². The lowest BCUT2D eigenvalue weighted by Gasteiger charge is -2.47. The molecule has 1 saturated carbocycles. The van der Waals surface area contributed by atoms with Crippen molar-refractivity contribution in [3.63, 3.8) is 0 Å². The Hall–Kier alpha value is -2.54. The number of alkyl halides is 6. The molecule has 45 heavy (non-hydrogen) atoms. The molecular formula is C33H26F6O2S4. The van der Waals surface area contributed by atoms with Crippen LogP contribution in [0.2, 0.25) is 0 Å². The zero-order valence-corrected chi connectivity index (χ0v) is 27.6. The number of fused-ring (bicyclic) bond motifs is 4. The molecule has 4 atom stereocenters. The minimum atomic E-state index is -5.66. The van der Waals surface area contributed by atoms with Gasteiger partial charge in [0.2, 0.25) is 0 Å². The number of allylic oxidation sites excluding steroid dienone is 6. The lowest BCUT2D eigenvalue weighted by atomic mass is 9.71. The van der Waals surface area contributed by atoms with Crippen LogP contribution in [-0.2, 0) is 21.6 Å². The summed E-state index contributed by atoms with van der Waals surface area (Å²) in [5, 5.41) is 2.72. The fraction of sp³-hybridized carbons (Fsp3) is 0.273. The molecule has 4 aliphatic rings. The van der Waals surface area contributed by atoms with Crippen LogP contribution >= 0.6 is 23.5 Å². The first-order valence-corrected chi connectivity index (χ1v) is 17.8. The van der Waals surface area contributed by atoms with Crippen LogP contribution in [0.5, 0.6) is 0 Å². The van der Waals surface area contributed by atoms with Gasteiger partial charge in [-0.15, -0.1) is 23.5 Å². The first-order chi connectivity index (χ1) is 20.9. The van der Waals surface area contributed by atoms with Crippen molar-refractivity contribution in [1.29, 1.82) is 0 Å². The quantitative estimate of drug-likeness (QED) is 0.282. The average molecular weight is 697 g/mol. The van der Waals surface area contributed by atoms with Gasteiger partial charge in [0.15, 0.2) is 0 Å². The third-order valence-corrected chi connectivity index (χ3v) is 14.0. The topological polar surface area (TPSA) is 34.1 Å². The maximum atomic E-state index is 15.5. The number of halogens is 6. The molecule has 0 N–H and O–H groups in total. The molecule has 2 aliphatic carbocycles. The summed E-state index contributed by atoms with van der Waals surface area (Å²) in [7, 11) is -3.21. The number of rotatable bonds is 6. The van der Waals surface area contributed by atoms with Crippen molar-refractivity contribution >= 4 is 45.1 Å². The second kappa shape index (κ2) is 10.7. The summed E-state index contributed by atoms with van der Waals surface area (Å²) in [4.78, 5) is 1.64. The minimum absolute atomic E-state index is 0.314. The number of hydrogen-bond acceptors (Lipinski definition) is 4. The highest BCUT2D eigenvalue weighted by atomic mass is 32.2. The number of aryl methyl sites for hydroxylation is 2. The Morgan fingerprint density at radius 2 is 0.933 bits per heavy atom. The van der Waals surface area contributed by atoms with Gasteiger partial charge in [-0.1, -0.05) is 35.4 Å². The van der Waals surface area contributed by atoms with Gasteiger partial charge in [0.05, 0.1) is 31.1 Å². The van der Waals surface area contributed by atoms with Crippen LogP contribution in [0.15, 0.2) is 126 Å². The van der Waals surface area contributed by atoms with E-state index in [2.05, 4.69) is 0 Å². The number of benzene rings is 2. The molecule has 0 aromatic heterocycles. The first kappa shape index (κ1) is 32.4. The normalized spacial score (nSPS) is 29.1. The van der Waals surface area contributed by atoms with E-state index >= 15 is 17.6 Å². The SMILES string of the molecule is Cc1ccc(S(=O)/C=C\C2=CC3=C4C(=C5C=C(/C=C/S(=O)c6ccc(C)cc6)S[C@@]5(C)[C@]3(C)S2)C(F)(F)C(F)(F)C4(F)F)cc1.